The van der Waals surface area contributed by atoms with Crippen molar-refractivity contribution in [3.05, 3.63) is 0 Å². The van der Waals surface area contributed by atoms with E-state index in [-0.39, 0.29) is 18.2 Å². The summed E-state index contributed by atoms with van der Waals surface area (Å²) in [5.74, 6) is 3.01. The van der Waals surface area contributed by atoms with Crippen LogP contribution in [0.15, 0.2) is 0 Å². The number of likely N-dealkylation sites (tertiary alicyclic amines) is 1. The summed E-state index contributed by atoms with van der Waals surface area (Å²) >= 11 is 0. The monoisotopic (exact) mass is 263 g/mol. The van der Waals surface area contributed by atoms with E-state index in [1.54, 1.807) is 0 Å². The number of hydrogen-bond acceptors (Lipinski definition) is 3. The predicted molar refractivity (Wildman–Crippen MR) is 68.4 cm³/mol. The van der Waals surface area contributed by atoms with Gasteiger partial charge in [-0.1, -0.05) is 0 Å². The van der Waals surface area contributed by atoms with Crippen LogP contribution in [-0.4, -0.2) is 53.9 Å². The third kappa shape index (κ3) is 1.30. The molecule has 0 aromatic heterocycles. The molecular weight excluding hydrogens is 242 g/mol. The van der Waals surface area contributed by atoms with Gasteiger partial charge in [-0.25, -0.2) is 4.79 Å². The van der Waals surface area contributed by atoms with Crippen LogP contribution in [0.25, 0.3) is 0 Å². The van der Waals surface area contributed by atoms with E-state index >= 15 is 0 Å². The maximum atomic E-state index is 12.5. The lowest BCUT2D eigenvalue weighted by Crippen LogP contribution is -2.49. The molecule has 19 heavy (non-hydrogen) atoms. The maximum Gasteiger partial charge on any atom is 0.317 e. The van der Waals surface area contributed by atoms with Gasteiger partial charge in [0, 0.05) is 25.7 Å². The Morgan fingerprint density at radius 2 is 1.95 bits per heavy atom. The van der Waals surface area contributed by atoms with Gasteiger partial charge >= 0.3 is 6.03 Å². The van der Waals surface area contributed by atoms with E-state index in [4.69, 9.17) is 0 Å². The highest BCUT2D eigenvalue weighted by Gasteiger charge is 2.61. The highest BCUT2D eigenvalue weighted by molar-refractivity contribution is 5.76. The fourth-order valence-electron chi connectivity index (χ4n) is 5.51. The third-order valence-electron chi connectivity index (χ3n) is 6.49. The fourth-order valence-corrected chi connectivity index (χ4v) is 5.51. The normalized spacial score (nSPS) is 56.6. The number of piperidine rings is 1. The summed E-state index contributed by atoms with van der Waals surface area (Å²) in [6.45, 7) is 2.97. The fraction of sp³-hybridized carbons (Fsp3) is 0.929. The summed E-state index contributed by atoms with van der Waals surface area (Å²) in [6, 6.07) is 0.584. The second-order valence-corrected chi connectivity index (χ2v) is 7.25. The van der Waals surface area contributed by atoms with E-state index in [2.05, 4.69) is 10.6 Å². The zero-order valence-electron chi connectivity index (χ0n) is 11.0. The minimum atomic E-state index is -0.269. The van der Waals surface area contributed by atoms with Crippen molar-refractivity contribution in [1.29, 1.82) is 0 Å². The van der Waals surface area contributed by atoms with Crippen LogP contribution in [0.3, 0.4) is 0 Å². The molecule has 2 bridgehead atoms. The molecule has 2 amide bonds. The van der Waals surface area contributed by atoms with Crippen molar-refractivity contribution in [2.45, 2.75) is 31.0 Å². The lowest BCUT2D eigenvalue weighted by Gasteiger charge is -2.29. The maximum absolute atomic E-state index is 12.5. The number of urea groups is 1. The van der Waals surface area contributed by atoms with Crippen molar-refractivity contribution >= 4 is 6.03 Å². The highest BCUT2D eigenvalue weighted by atomic mass is 16.3. The van der Waals surface area contributed by atoms with Crippen LogP contribution in [0.5, 0.6) is 0 Å². The molecule has 5 fully saturated rings. The minimum Gasteiger partial charge on any atom is -0.391 e. The Kier molecular flexibility index (Phi) is 1.98. The predicted octanol–water partition coefficient (Wildman–Crippen LogP) is -0.385. The summed E-state index contributed by atoms with van der Waals surface area (Å²) in [7, 11) is 0. The number of aliphatic hydroxyl groups is 1. The van der Waals surface area contributed by atoms with E-state index in [0.717, 1.165) is 32.5 Å². The summed E-state index contributed by atoms with van der Waals surface area (Å²) in [4.78, 5) is 14.4. The molecule has 5 aliphatic rings. The molecule has 5 heteroatoms. The molecular formula is C14H21N3O2. The average Bonchev–Trinajstić information content (AvgIpc) is 2.89. The number of nitrogens with zero attached hydrogens (tertiary/aromatic N) is 1. The molecule has 0 spiro atoms. The Hall–Kier alpha value is -0.810. The molecule has 2 heterocycles. The van der Waals surface area contributed by atoms with E-state index in [0.29, 0.717) is 35.6 Å². The molecule has 3 saturated carbocycles. The molecule has 0 radical (unpaired) electrons. The number of amides is 2. The third-order valence-corrected chi connectivity index (χ3v) is 6.49. The van der Waals surface area contributed by atoms with Crippen LogP contribution in [0, 0.1) is 29.6 Å². The van der Waals surface area contributed by atoms with Crippen LogP contribution in [0.4, 0.5) is 4.79 Å². The molecule has 2 aliphatic heterocycles. The smallest absolute Gasteiger partial charge is 0.317 e. The molecule has 3 aliphatic carbocycles. The summed E-state index contributed by atoms with van der Waals surface area (Å²) in [5.41, 5.74) is 0. The Bertz CT molecular complexity index is 430. The van der Waals surface area contributed by atoms with Crippen LogP contribution in [0.1, 0.15) is 12.8 Å². The first kappa shape index (κ1) is 10.9. The van der Waals surface area contributed by atoms with E-state index < -0.39 is 0 Å². The van der Waals surface area contributed by atoms with Gasteiger partial charge in [-0.2, -0.15) is 0 Å². The number of carbonyl (C=O) groups is 1. The van der Waals surface area contributed by atoms with Gasteiger partial charge in [0.15, 0.2) is 0 Å². The Morgan fingerprint density at radius 1 is 1.16 bits per heavy atom. The number of hydrogen-bond donors (Lipinski definition) is 3. The van der Waals surface area contributed by atoms with Gasteiger partial charge in [0.05, 0.1) is 12.1 Å². The van der Waals surface area contributed by atoms with Crippen molar-refractivity contribution in [3.63, 3.8) is 0 Å². The molecule has 8 atom stereocenters. The van der Waals surface area contributed by atoms with Gasteiger partial charge in [-0.15, -0.1) is 0 Å². The van der Waals surface area contributed by atoms with E-state index in [9.17, 15) is 9.90 Å². The molecule has 2 saturated heterocycles. The highest BCUT2D eigenvalue weighted by Crippen LogP contribution is 2.55. The second kappa shape index (κ2) is 3.44. The van der Waals surface area contributed by atoms with Crippen molar-refractivity contribution in [1.82, 2.24) is 15.5 Å². The molecule has 3 N–H and O–H groups in total. The van der Waals surface area contributed by atoms with Crippen LogP contribution < -0.4 is 10.6 Å². The van der Waals surface area contributed by atoms with Crippen LogP contribution in [0.2, 0.25) is 0 Å². The van der Waals surface area contributed by atoms with Crippen molar-refractivity contribution in [2.75, 3.05) is 19.6 Å². The first-order valence-corrected chi connectivity index (χ1v) is 7.70. The largest absolute Gasteiger partial charge is 0.391 e. The molecule has 0 aromatic rings. The minimum absolute atomic E-state index is 0.0819. The Balaban J connectivity index is 1.30. The summed E-state index contributed by atoms with van der Waals surface area (Å²) in [5, 5.41) is 16.9. The van der Waals surface area contributed by atoms with Crippen molar-refractivity contribution < 1.29 is 9.90 Å². The molecule has 5 rings (SSSR count). The van der Waals surface area contributed by atoms with Gasteiger partial charge in [-0.05, 0) is 42.4 Å². The van der Waals surface area contributed by atoms with Gasteiger partial charge in [0.25, 0.3) is 0 Å². The number of aliphatic hydroxyl groups excluding tert-OH is 1. The number of fused-ring (bicyclic) bond motifs is 2. The van der Waals surface area contributed by atoms with Gasteiger partial charge in [0.1, 0.15) is 0 Å². The SMILES string of the molecule is O=C(NC1[C@H]2CNC[C@@H]12)N1CC2CC3CC2C1C3O. The van der Waals surface area contributed by atoms with Crippen molar-refractivity contribution in [3.8, 4) is 0 Å². The van der Waals surface area contributed by atoms with Crippen molar-refractivity contribution in [2.24, 2.45) is 29.6 Å². The molecule has 104 valence electrons. The number of carbonyl (C=O) groups excluding carboxylic acids is 1. The van der Waals surface area contributed by atoms with E-state index in [1.165, 1.54) is 0 Å². The second-order valence-electron chi connectivity index (χ2n) is 7.25. The van der Waals surface area contributed by atoms with E-state index in [1.807, 2.05) is 4.90 Å². The molecule has 0 aromatic carbocycles. The molecule has 5 nitrogen and oxygen atoms in total. The zero-order chi connectivity index (χ0) is 12.7. The lowest BCUT2D eigenvalue weighted by atomic mass is 9.88. The first-order valence-electron chi connectivity index (χ1n) is 7.70. The Morgan fingerprint density at radius 3 is 2.68 bits per heavy atom. The Labute approximate surface area is 112 Å². The van der Waals surface area contributed by atoms with Crippen LogP contribution >= 0.6 is 0 Å². The first-order chi connectivity index (χ1) is 9.24. The van der Waals surface area contributed by atoms with Gasteiger partial charge < -0.3 is 20.6 Å². The zero-order valence-corrected chi connectivity index (χ0v) is 11.0. The lowest BCUT2D eigenvalue weighted by molar-refractivity contribution is 0.0607. The topological polar surface area (TPSA) is 64.6 Å². The number of rotatable bonds is 1. The van der Waals surface area contributed by atoms with Crippen LogP contribution in [-0.2, 0) is 0 Å². The molecule has 6 unspecified atom stereocenters. The number of nitrogens with one attached hydrogen (secondary N) is 2. The quantitative estimate of drug-likeness (QED) is 0.604. The summed E-state index contributed by atoms with van der Waals surface area (Å²) in [6.07, 6.45) is 2.00. The van der Waals surface area contributed by atoms with Gasteiger partial charge in [-0.3, -0.25) is 0 Å². The standard InChI is InChI=1S/C14H21N3O2/c18-13-6-1-7-5-17(12(13)8(7)2-6)14(19)16-11-9-3-15-4-10(9)11/h6-13,15,18H,1-5H2,(H,16,19)/t6?,7?,8?,9-,10+,11?,12?,13?. The summed E-state index contributed by atoms with van der Waals surface area (Å²) < 4.78 is 0. The van der Waals surface area contributed by atoms with Gasteiger partial charge in [0.2, 0.25) is 0 Å². The average molecular weight is 263 g/mol.